The molecule has 2 atom stereocenters. The molecule has 1 fully saturated rings. The van der Waals surface area contributed by atoms with Crippen LogP contribution in [-0.2, 0) is 16.0 Å². The lowest BCUT2D eigenvalue weighted by molar-refractivity contribution is -0.122. The quantitative estimate of drug-likeness (QED) is 0.877. The Kier molecular flexibility index (Phi) is 4.19. The Morgan fingerprint density at radius 3 is 2.82 bits per heavy atom. The topological polar surface area (TPSA) is 58.2 Å². The van der Waals surface area contributed by atoms with Crippen LogP contribution >= 0.6 is 0 Å². The molecule has 118 valence electrons. The normalized spacial score (nSPS) is 19.8. The van der Waals surface area contributed by atoms with Gasteiger partial charge in [0, 0.05) is 18.5 Å². The molecule has 1 aliphatic heterocycles. The predicted molar refractivity (Wildman–Crippen MR) is 86.5 cm³/mol. The van der Waals surface area contributed by atoms with Crippen molar-refractivity contribution in [2.45, 2.75) is 52.0 Å². The van der Waals surface area contributed by atoms with Gasteiger partial charge in [0.15, 0.2) is 0 Å². The highest BCUT2D eigenvalue weighted by molar-refractivity contribution is 5.93. The summed E-state index contributed by atoms with van der Waals surface area (Å²) in [5.74, 6) is 1.47. The molecule has 2 amide bonds. The van der Waals surface area contributed by atoms with Gasteiger partial charge in [0.05, 0.1) is 6.04 Å². The van der Waals surface area contributed by atoms with Crippen LogP contribution in [0.5, 0.6) is 0 Å². The number of amides is 2. The maximum atomic E-state index is 12.1. The lowest BCUT2D eigenvalue weighted by Crippen LogP contribution is -2.28. The minimum absolute atomic E-state index is 0.00170. The molecule has 0 unspecified atom stereocenters. The van der Waals surface area contributed by atoms with E-state index in [4.69, 9.17) is 0 Å². The molecule has 2 aliphatic rings. The SMILES string of the molecule is C[C@H](CC(=O)N[C@H](C)c1ccc2c(c1)CCC(=O)N2)C1CC1. The van der Waals surface area contributed by atoms with Gasteiger partial charge in [-0.15, -0.1) is 0 Å². The van der Waals surface area contributed by atoms with Gasteiger partial charge in [-0.2, -0.15) is 0 Å². The monoisotopic (exact) mass is 300 g/mol. The first-order valence-electron chi connectivity index (χ1n) is 8.25. The van der Waals surface area contributed by atoms with E-state index >= 15 is 0 Å². The number of carbonyl (C=O) groups is 2. The van der Waals surface area contributed by atoms with Crippen molar-refractivity contribution in [2.24, 2.45) is 11.8 Å². The summed E-state index contributed by atoms with van der Waals surface area (Å²) in [5.41, 5.74) is 3.16. The Bertz CT molecular complexity index is 593. The molecule has 0 saturated heterocycles. The highest BCUT2D eigenvalue weighted by Crippen LogP contribution is 2.38. The number of nitrogens with one attached hydrogen (secondary N) is 2. The molecular formula is C18H24N2O2. The van der Waals surface area contributed by atoms with Crippen LogP contribution in [0.2, 0.25) is 0 Å². The Morgan fingerprint density at radius 2 is 2.09 bits per heavy atom. The van der Waals surface area contributed by atoms with Crippen LogP contribution in [0, 0.1) is 11.8 Å². The summed E-state index contributed by atoms with van der Waals surface area (Å²) in [6.07, 6.45) is 4.49. The Hall–Kier alpha value is -1.84. The first-order chi connectivity index (χ1) is 10.5. The minimum Gasteiger partial charge on any atom is -0.350 e. The summed E-state index contributed by atoms with van der Waals surface area (Å²) in [6.45, 7) is 4.19. The summed E-state index contributed by atoms with van der Waals surface area (Å²) >= 11 is 0. The fourth-order valence-electron chi connectivity index (χ4n) is 3.18. The molecule has 2 N–H and O–H groups in total. The lowest BCUT2D eigenvalue weighted by atomic mass is 9.97. The largest absolute Gasteiger partial charge is 0.350 e. The summed E-state index contributed by atoms with van der Waals surface area (Å²) in [5, 5.41) is 5.99. The van der Waals surface area contributed by atoms with Gasteiger partial charge in [-0.1, -0.05) is 19.1 Å². The molecule has 1 saturated carbocycles. The average molecular weight is 300 g/mol. The number of carbonyl (C=O) groups excluding carboxylic acids is 2. The van der Waals surface area contributed by atoms with E-state index in [0.29, 0.717) is 18.8 Å². The van der Waals surface area contributed by atoms with E-state index in [1.54, 1.807) is 0 Å². The van der Waals surface area contributed by atoms with E-state index < -0.39 is 0 Å². The zero-order valence-corrected chi connectivity index (χ0v) is 13.3. The molecule has 1 heterocycles. The van der Waals surface area contributed by atoms with Gasteiger partial charge >= 0.3 is 0 Å². The number of benzene rings is 1. The van der Waals surface area contributed by atoms with E-state index in [1.165, 1.54) is 12.8 Å². The smallest absolute Gasteiger partial charge is 0.224 e. The molecular weight excluding hydrogens is 276 g/mol. The number of rotatable bonds is 5. The predicted octanol–water partition coefficient (Wildman–Crippen LogP) is 3.18. The zero-order valence-electron chi connectivity index (χ0n) is 13.3. The van der Waals surface area contributed by atoms with Crippen LogP contribution in [0.15, 0.2) is 18.2 Å². The third kappa shape index (κ3) is 3.49. The highest BCUT2D eigenvalue weighted by Gasteiger charge is 2.29. The van der Waals surface area contributed by atoms with Crippen LogP contribution < -0.4 is 10.6 Å². The van der Waals surface area contributed by atoms with E-state index in [9.17, 15) is 9.59 Å². The number of hydrogen-bond acceptors (Lipinski definition) is 2. The van der Waals surface area contributed by atoms with E-state index in [0.717, 1.165) is 29.2 Å². The number of aryl methyl sites for hydroxylation is 1. The molecule has 1 aliphatic carbocycles. The molecule has 0 radical (unpaired) electrons. The van der Waals surface area contributed by atoms with Crippen LogP contribution in [0.4, 0.5) is 5.69 Å². The molecule has 0 aromatic heterocycles. The Balaban J connectivity index is 1.60. The van der Waals surface area contributed by atoms with Crippen molar-refractivity contribution in [3.63, 3.8) is 0 Å². The third-order valence-corrected chi connectivity index (χ3v) is 4.84. The van der Waals surface area contributed by atoms with E-state index in [1.807, 2.05) is 19.1 Å². The standard InChI is InChI=1S/C18H24N2O2/c1-11(13-3-4-13)9-18(22)19-12(2)14-5-7-16-15(10-14)6-8-17(21)20-16/h5,7,10-13H,3-4,6,8-9H2,1-2H3,(H,19,22)(H,20,21)/t11-,12-/m1/s1. The number of hydrogen-bond donors (Lipinski definition) is 2. The van der Waals surface area contributed by atoms with Crippen LogP contribution in [0.25, 0.3) is 0 Å². The maximum Gasteiger partial charge on any atom is 0.224 e. The number of fused-ring (bicyclic) bond motifs is 1. The van der Waals surface area contributed by atoms with Crippen molar-refractivity contribution in [2.75, 3.05) is 5.32 Å². The van der Waals surface area contributed by atoms with Crippen molar-refractivity contribution in [3.05, 3.63) is 29.3 Å². The van der Waals surface area contributed by atoms with Gasteiger partial charge in [-0.3, -0.25) is 9.59 Å². The number of anilines is 1. The van der Waals surface area contributed by atoms with Gasteiger partial charge in [-0.25, -0.2) is 0 Å². The molecule has 1 aromatic rings. The third-order valence-electron chi connectivity index (χ3n) is 4.84. The average Bonchev–Trinajstić information content (AvgIpc) is 3.31. The molecule has 1 aromatic carbocycles. The second-order valence-electron chi connectivity index (χ2n) is 6.77. The van der Waals surface area contributed by atoms with Gasteiger partial charge in [0.1, 0.15) is 0 Å². The second-order valence-corrected chi connectivity index (χ2v) is 6.77. The maximum absolute atomic E-state index is 12.1. The summed E-state index contributed by atoms with van der Waals surface area (Å²) < 4.78 is 0. The van der Waals surface area contributed by atoms with Gasteiger partial charge in [-0.05, 0) is 55.2 Å². The fourth-order valence-corrected chi connectivity index (χ4v) is 3.18. The molecule has 0 spiro atoms. The summed E-state index contributed by atoms with van der Waals surface area (Å²) in [7, 11) is 0. The molecule has 4 heteroatoms. The molecule has 0 bridgehead atoms. The molecule has 3 rings (SSSR count). The second kappa shape index (κ2) is 6.11. The molecule has 22 heavy (non-hydrogen) atoms. The first kappa shape index (κ1) is 15.1. The first-order valence-corrected chi connectivity index (χ1v) is 8.25. The lowest BCUT2D eigenvalue weighted by Gasteiger charge is -2.21. The zero-order chi connectivity index (χ0) is 15.7. The van der Waals surface area contributed by atoms with Crippen molar-refractivity contribution in [3.8, 4) is 0 Å². The summed E-state index contributed by atoms with van der Waals surface area (Å²) in [6, 6.07) is 6.03. The van der Waals surface area contributed by atoms with Gasteiger partial charge in [0.2, 0.25) is 11.8 Å². The van der Waals surface area contributed by atoms with Crippen molar-refractivity contribution in [1.82, 2.24) is 5.32 Å². The minimum atomic E-state index is 0.00170. The van der Waals surface area contributed by atoms with Crippen LogP contribution in [0.1, 0.15) is 56.7 Å². The van der Waals surface area contributed by atoms with Crippen molar-refractivity contribution >= 4 is 17.5 Å². The fraction of sp³-hybridized carbons (Fsp3) is 0.556. The van der Waals surface area contributed by atoms with Crippen molar-refractivity contribution in [1.29, 1.82) is 0 Å². The van der Waals surface area contributed by atoms with E-state index in [2.05, 4.69) is 23.6 Å². The Morgan fingerprint density at radius 1 is 1.32 bits per heavy atom. The van der Waals surface area contributed by atoms with Crippen LogP contribution in [-0.4, -0.2) is 11.8 Å². The van der Waals surface area contributed by atoms with Crippen LogP contribution in [0.3, 0.4) is 0 Å². The van der Waals surface area contributed by atoms with Crippen molar-refractivity contribution < 1.29 is 9.59 Å². The molecule has 4 nitrogen and oxygen atoms in total. The summed E-state index contributed by atoms with van der Waals surface area (Å²) in [4.78, 5) is 23.5. The van der Waals surface area contributed by atoms with Gasteiger partial charge in [0.25, 0.3) is 0 Å². The highest BCUT2D eigenvalue weighted by atomic mass is 16.2. The van der Waals surface area contributed by atoms with E-state index in [-0.39, 0.29) is 17.9 Å². The Labute approximate surface area is 131 Å². The van der Waals surface area contributed by atoms with Gasteiger partial charge < -0.3 is 10.6 Å².